The van der Waals surface area contributed by atoms with Crippen LogP contribution in [0.5, 0.6) is 0 Å². The summed E-state index contributed by atoms with van der Waals surface area (Å²) in [7, 11) is 0. The fraction of sp³-hybridized carbons (Fsp3) is 0.500. The van der Waals surface area contributed by atoms with E-state index in [0.29, 0.717) is 12.3 Å². The van der Waals surface area contributed by atoms with Gasteiger partial charge in [0.15, 0.2) is 17.5 Å². The minimum Gasteiger partial charge on any atom is -0.324 e. The molecule has 0 spiro atoms. The van der Waals surface area contributed by atoms with Gasteiger partial charge in [-0.15, -0.1) is 12.4 Å². The van der Waals surface area contributed by atoms with E-state index in [0.717, 1.165) is 12.5 Å². The minimum absolute atomic E-state index is 0. The number of halogens is 4. The van der Waals surface area contributed by atoms with Crippen LogP contribution in [-0.2, 0) is 0 Å². The van der Waals surface area contributed by atoms with Crippen molar-refractivity contribution in [2.45, 2.75) is 32.7 Å². The van der Waals surface area contributed by atoms with Crippen molar-refractivity contribution >= 4 is 12.4 Å². The van der Waals surface area contributed by atoms with Crippen molar-refractivity contribution in [1.82, 2.24) is 0 Å². The van der Waals surface area contributed by atoms with E-state index in [9.17, 15) is 13.2 Å². The molecule has 0 aliphatic heterocycles. The molecule has 0 fully saturated rings. The number of hydrogen-bond acceptors (Lipinski definition) is 1. The van der Waals surface area contributed by atoms with Gasteiger partial charge in [0, 0.05) is 11.6 Å². The smallest absolute Gasteiger partial charge is 0.194 e. The molecule has 1 atom stereocenters. The summed E-state index contributed by atoms with van der Waals surface area (Å²) in [4.78, 5) is 0. The second-order valence-electron chi connectivity index (χ2n) is 4.34. The predicted octanol–water partition coefficient (Wildman–Crippen LogP) is 3.96. The van der Waals surface area contributed by atoms with Crippen LogP contribution < -0.4 is 5.73 Å². The fourth-order valence-electron chi connectivity index (χ4n) is 1.50. The van der Waals surface area contributed by atoms with E-state index in [-0.39, 0.29) is 18.0 Å². The van der Waals surface area contributed by atoms with E-state index in [1.54, 1.807) is 0 Å². The second-order valence-corrected chi connectivity index (χ2v) is 4.34. The molecule has 1 rings (SSSR count). The first-order valence-corrected chi connectivity index (χ1v) is 5.32. The summed E-state index contributed by atoms with van der Waals surface area (Å²) in [5.74, 6) is -3.36. The lowest BCUT2D eigenvalue weighted by atomic mass is 9.98. The topological polar surface area (TPSA) is 26.0 Å². The summed E-state index contributed by atoms with van der Waals surface area (Å²) >= 11 is 0. The van der Waals surface area contributed by atoms with E-state index in [2.05, 4.69) is 0 Å². The number of nitrogens with two attached hydrogens (primary N) is 1. The number of rotatable bonds is 4. The highest BCUT2D eigenvalue weighted by atomic mass is 35.5. The van der Waals surface area contributed by atoms with Crippen LogP contribution in [0.25, 0.3) is 0 Å². The lowest BCUT2D eigenvalue weighted by Crippen LogP contribution is -2.14. The number of hydrogen-bond donors (Lipinski definition) is 1. The van der Waals surface area contributed by atoms with Crippen molar-refractivity contribution in [3.63, 3.8) is 0 Å². The Bertz CT molecular complexity index is 369. The van der Waals surface area contributed by atoms with Crippen molar-refractivity contribution < 1.29 is 13.2 Å². The highest BCUT2D eigenvalue weighted by Crippen LogP contribution is 2.24. The van der Waals surface area contributed by atoms with Gasteiger partial charge in [-0.3, -0.25) is 0 Å². The molecule has 1 aromatic carbocycles. The summed E-state index contributed by atoms with van der Waals surface area (Å²) in [5, 5.41) is 0. The Morgan fingerprint density at radius 3 is 2.18 bits per heavy atom. The molecule has 1 nitrogen and oxygen atoms in total. The van der Waals surface area contributed by atoms with Gasteiger partial charge in [-0.25, -0.2) is 13.2 Å². The molecule has 0 saturated carbocycles. The van der Waals surface area contributed by atoms with E-state index < -0.39 is 23.5 Å². The Labute approximate surface area is 106 Å². The summed E-state index contributed by atoms with van der Waals surface area (Å²) in [6.07, 6.45) is 1.37. The zero-order valence-corrected chi connectivity index (χ0v) is 10.7. The van der Waals surface area contributed by atoms with Crippen LogP contribution in [0.15, 0.2) is 12.1 Å². The molecule has 1 aromatic rings. The van der Waals surface area contributed by atoms with E-state index in [4.69, 9.17) is 5.73 Å². The Balaban J connectivity index is 0.00000256. The Morgan fingerprint density at radius 2 is 1.65 bits per heavy atom. The molecule has 2 N–H and O–H groups in total. The average Bonchev–Trinajstić information content (AvgIpc) is 2.23. The molecule has 0 saturated heterocycles. The third-order valence-electron chi connectivity index (χ3n) is 2.52. The van der Waals surface area contributed by atoms with Gasteiger partial charge in [0.25, 0.3) is 0 Å². The highest BCUT2D eigenvalue weighted by Gasteiger charge is 2.18. The van der Waals surface area contributed by atoms with Gasteiger partial charge in [-0.05, 0) is 24.8 Å². The van der Waals surface area contributed by atoms with Gasteiger partial charge in [-0.2, -0.15) is 0 Å². The summed E-state index contributed by atoms with van der Waals surface area (Å²) in [6.45, 7) is 4.04. The highest BCUT2D eigenvalue weighted by molar-refractivity contribution is 5.85. The van der Waals surface area contributed by atoms with Gasteiger partial charge in [0.2, 0.25) is 0 Å². The fourth-order valence-corrected chi connectivity index (χ4v) is 1.50. The van der Waals surface area contributed by atoms with Crippen molar-refractivity contribution in [3.05, 3.63) is 35.1 Å². The van der Waals surface area contributed by atoms with Crippen molar-refractivity contribution in [1.29, 1.82) is 0 Å². The first kappa shape index (κ1) is 16.3. The maximum Gasteiger partial charge on any atom is 0.194 e. The van der Waals surface area contributed by atoms with Crippen LogP contribution in [-0.4, -0.2) is 0 Å². The molecule has 98 valence electrons. The van der Waals surface area contributed by atoms with Crippen LogP contribution in [0, 0.1) is 23.4 Å². The summed E-state index contributed by atoms with van der Waals surface area (Å²) < 4.78 is 39.0. The standard InChI is InChI=1S/C12H16F3N.ClH/c1-7(2)3-6-10(16)8-4-5-9(13)12(15)11(8)14;/h4-5,7,10H,3,6,16H2,1-2H3;1H/t10-;/m0./s1. The first-order chi connectivity index (χ1) is 7.43. The lowest BCUT2D eigenvalue weighted by molar-refractivity contribution is 0.427. The molecule has 5 heteroatoms. The molecule has 0 amide bonds. The molecule has 0 bridgehead atoms. The third kappa shape index (κ3) is 4.21. The van der Waals surface area contributed by atoms with Gasteiger partial charge < -0.3 is 5.73 Å². The van der Waals surface area contributed by atoms with Crippen LogP contribution in [0.3, 0.4) is 0 Å². The van der Waals surface area contributed by atoms with Crippen LogP contribution >= 0.6 is 12.4 Å². The molecule has 0 aliphatic carbocycles. The molecule has 17 heavy (non-hydrogen) atoms. The van der Waals surface area contributed by atoms with E-state index >= 15 is 0 Å². The molecule has 0 aliphatic rings. The second kappa shape index (κ2) is 6.87. The maximum atomic E-state index is 13.3. The Kier molecular flexibility index (Phi) is 6.57. The molecule has 0 heterocycles. The van der Waals surface area contributed by atoms with E-state index in [1.165, 1.54) is 6.07 Å². The van der Waals surface area contributed by atoms with Crippen LogP contribution in [0.4, 0.5) is 13.2 Å². The summed E-state index contributed by atoms with van der Waals surface area (Å²) in [6, 6.07) is 1.53. The monoisotopic (exact) mass is 267 g/mol. The third-order valence-corrected chi connectivity index (χ3v) is 2.52. The van der Waals surface area contributed by atoms with E-state index in [1.807, 2.05) is 13.8 Å². The molecule has 0 unspecified atom stereocenters. The molecular weight excluding hydrogens is 251 g/mol. The largest absolute Gasteiger partial charge is 0.324 e. The van der Waals surface area contributed by atoms with Crippen molar-refractivity contribution in [2.75, 3.05) is 0 Å². The van der Waals surface area contributed by atoms with Gasteiger partial charge in [0.05, 0.1) is 0 Å². The lowest BCUT2D eigenvalue weighted by Gasteiger charge is -2.14. The SMILES string of the molecule is CC(C)CC[C@H](N)c1ccc(F)c(F)c1F.Cl. The van der Waals surface area contributed by atoms with Crippen LogP contribution in [0.2, 0.25) is 0 Å². The van der Waals surface area contributed by atoms with Crippen LogP contribution in [0.1, 0.15) is 38.3 Å². The zero-order chi connectivity index (χ0) is 12.3. The molecule has 0 aromatic heterocycles. The van der Waals surface area contributed by atoms with Gasteiger partial charge >= 0.3 is 0 Å². The normalized spacial score (nSPS) is 12.4. The number of benzene rings is 1. The van der Waals surface area contributed by atoms with Crippen molar-refractivity contribution in [2.24, 2.45) is 11.7 Å². The Hall–Kier alpha value is -0.740. The quantitative estimate of drug-likeness (QED) is 0.821. The van der Waals surface area contributed by atoms with Gasteiger partial charge in [0.1, 0.15) is 0 Å². The maximum absolute atomic E-state index is 13.3. The molecular formula is C12H17ClF3N. The summed E-state index contributed by atoms with van der Waals surface area (Å²) in [5.41, 5.74) is 5.78. The molecule has 0 radical (unpaired) electrons. The minimum atomic E-state index is -1.45. The van der Waals surface area contributed by atoms with Crippen molar-refractivity contribution in [3.8, 4) is 0 Å². The Morgan fingerprint density at radius 1 is 1.06 bits per heavy atom. The predicted molar refractivity (Wildman–Crippen MR) is 64.6 cm³/mol. The zero-order valence-electron chi connectivity index (χ0n) is 9.84. The first-order valence-electron chi connectivity index (χ1n) is 5.32. The average molecular weight is 268 g/mol. The van der Waals surface area contributed by atoms with Gasteiger partial charge in [-0.1, -0.05) is 19.9 Å².